The molecule has 1 aromatic heterocycles. The minimum absolute atomic E-state index is 0.104. The Labute approximate surface area is 132 Å². The molecule has 0 aliphatic carbocycles. The van der Waals surface area contributed by atoms with Crippen LogP contribution in [0.25, 0.3) is 0 Å². The summed E-state index contributed by atoms with van der Waals surface area (Å²) in [5, 5.41) is 4.94. The van der Waals surface area contributed by atoms with Crippen LogP contribution in [0.3, 0.4) is 0 Å². The van der Waals surface area contributed by atoms with E-state index in [0.717, 1.165) is 5.69 Å². The van der Waals surface area contributed by atoms with Crippen molar-refractivity contribution < 1.29 is 14.3 Å². The van der Waals surface area contributed by atoms with E-state index in [4.69, 9.17) is 0 Å². The van der Waals surface area contributed by atoms with Crippen molar-refractivity contribution in [3.05, 3.63) is 41.4 Å². The van der Waals surface area contributed by atoms with Crippen molar-refractivity contribution in [1.29, 1.82) is 0 Å². The third-order valence-electron chi connectivity index (χ3n) is 2.93. The number of carbonyl (C=O) groups excluding carboxylic acids is 2. The average molecular weight is 319 g/mol. The lowest BCUT2D eigenvalue weighted by atomic mass is 10.3. The van der Waals surface area contributed by atoms with Crippen LogP contribution in [0.5, 0.6) is 0 Å². The van der Waals surface area contributed by atoms with E-state index in [0.29, 0.717) is 10.8 Å². The normalized spacial score (nSPS) is 10.1. The SMILES string of the molecule is COC(=O)Cc1csc(NC(=O)CN(C)c2ccccc2)n1. The summed E-state index contributed by atoms with van der Waals surface area (Å²) in [6, 6.07) is 9.64. The maximum absolute atomic E-state index is 12.0. The Morgan fingerprint density at radius 2 is 2.05 bits per heavy atom. The average Bonchev–Trinajstić information content (AvgIpc) is 2.94. The number of ether oxygens (including phenoxy) is 1. The molecule has 6 nitrogen and oxygen atoms in total. The van der Waals surface area contributed by atoms with Gasteiger partial charge in [-0.2, -0.15) is 0 Å². The molecular weight excluding hydrogens is 302 g/mol. The standard InChI is InChI=1S/C15H17N3O3S/c1-18(12-6-4-3-5-7-12)9-13(19)17-15-16-11(10-22-15)8-14(20)21-2/h3-7,10H,8-9H2,1-2H3,(H,16,17,19). The van der Waals surface area contributed by atoms with Crippen LogP contribution in [-0.4, -0.2) is 37.6 Å². The van der Waals surface area contributed by atoms with Gasteiger partial charge < -0.3 is 15.0 Å². The Hall–Kier alpha value is -2.41. The summed E-state index contributed by atoms with van der Waals surface area (Å²) in [4.78, 5) is 29.2. The van der Waals surface area contributed by atoms with Gasteiger partial charge in [-0.25, -0.2) is 4.98 Å². The fourth-order valence-electron chi connectivity index (χ4n) is 1.81. The summed E-state index contributed by atoms with van der Waals surface area (Å²) in [5.41, 5.74) is 1.55. The number of rotatable bonds is 6. The second-order valence-corrected chi connectivity index (χ2v) is 5.49. The molecule has 0 bridgehead atoms. The molecule has 0 saturated carbocycles. The fourth-order valence-corrected chi connectivity index (χ4v) is 2.54. The number of para-hydroxylation sites is 1. The smallest absolute Gasteiger partial charge is 0.311 e. The van der Waals surface area contributed by atoms with Crippen LogP contribution < -0.4 is 10.2 Å². The third-order valence-corrected chi connectivity index (χ3v) is 3.74. The largest absolute Gasteiger partial charge is 0.469 e. The first kappa shape index (κ1) is 16.0. The molecule has 7 heteroatoms. The molecule has 0 radical (unpaired) electrons. The molecule has 0 unspecified atom stereocenters. The summed E-state index contributed by atoms with van der Waals surface area (Å²) in [5.74, 6) is -0.516. The van der Waals surface area contributed by atoms with Crippen LogP contribution in [-0.2, 0) is 20.7 Å². The predicted octanol–water partition coefficient (Wildman–Crippen LogP) is 1.93. The monoisotopic (exact) mass is 319 g/mol. The van der Waals surface area contributed by atoms with Crippen molar-refractivity contribution in [2.75, 3.05) is 30.9 Å². The van der Waals surface area contributed by atoms with Crippen molar-refractivity contribution in [3.63, 3.8) is 0 Å². The number of thiazole rings is 1. The van der Waals surface area contributed by atoms with Gasteiger partial charge in [-0.05, 0) is 12.1 Å². The third kappa shape index (κ3) is 4.56. The molecule has 22 heavy (non-hydrogen) atoms. The van der Waals surface area contributed by atoms with E-state index in [9.17, 15) is 9.59 Å². The van der Waals surface area contributed by atoms with Gasteiger partial charge in [-0.1, -0.05) is 18.2 Å². The zero-order valence-electron chi connectivity index (χ0n) is 12.4. The van der Waals surface area contributed by atoms with Gasteiger partial charge in [-0.15, -0.1) is 11.3 Å². The minimum Gasteiger partial charge on any atom is -0.469 e. The van der Waals surface area contributed by atoms with Crippen molar-refractivity contribution in [2.45, 2.75) is 6.42 Å². The maximum atomic E-state index is 12.0. The summed E-state index contributed by atoms with van der Waals surface area (Å²) in [6.45, 7) is 0.218. The van der Waals surface area contributed by atoms with E-state index in [-0.39, 0.29) is 24.8 Å². The first-order valence-corrected chi connectivity index (χ1v) is 7.53. The van der Waals surface area contributed by atoms with E-state index >= 15 is 0 Å². The number of nitrogens with one attached hydrogen (secondary N) is 1. The highest BCUT2D eigenvalue weighted by atomic mass is 32.1. The highest BCUT2D eigenvalue weighted by Crippen LogP contribution is 2.16. The number of hydrogen-bond acceptors (Lipinski definition) is 6. The summed E-state index contributed by atoms with van der Waals surface area (Å²) in [6.07, 6.45) is 0.104. The number of likely N-dealkylation sites (N-methyl/N-ethyl adjacent to an activating group) is 1. The fraction of sp³-hybridized carbons (Fsp3) is 0.267. The Morgan fingerprint density at radius 3 is 2.73 bits per heavy atom. The van der Waals surface area contributed by atoms with Gasteiger partial charge in [0.1, 0.15) is 0 Å². The molecule has 1 aromatic carbocycles. The lowest BCUT2D eigenvalue weighted by molar-refractivity contribution is -0.139. The number of carbonyl (C=O) groups is 2. The number of anilines is 2. The van der Waals surface area contributed by atoms with E-state index in [1.807, 2.05) is 42.3 Å². The summed E-state index contributed by atoms with van der Waals surface area (Å²) >= 11 is 1.28. The number of aromatic nitrogens is 1. The Kier molecular flexibility index (Phi) is 5.48. The van der Waals surface area contributed by atoms with Crippen LogP contribution in [0.2, 0.25) is 0 Å². The highest BCUT2D eigenvalue weighted by molar-refractivity contribution is 7.13. The number of benzene rings is 1. The molecule has 0 spiro atoms. The highest BCUT2D eigenvalue weighted by Gasteiger charge is 2.11. The lowest BCUT2D eigenvalue weighted by Crippen LogP contribution is -2.29. The van der Waals surface area contributed by atoms with E-state index in [1.165, 1.54) is 18.4 Å². The molecule has 2 rings (SSSR count). The molecule has 1 heterocycles. The van der Waals surface area contributed by atoms with Crippen molar-refractivity contribution in [1.82, 2.24) is 4.98 Å². The molecule has 0 aliphatic heterocycles. The molecule has 0 aliphatic rings. The molecule has 2 aromatic rings. The maximum Gasteiger partial charge on any atom is 0.311 e. The number of esters is 1. The van der Waals surface area contributed by atoms with Gasteiger partial charge in [0.2, 0.25) is 5.91 Å². The van der Waals surface area contributed by atoms with Crippen molar-refractivity contribution >= 4 is 34.0 Å². The number of amides is 1. The van der Waals surface area contributed by atoms with Crippen LogP contribution in [0.1, 0.15) is 5.69 Å². The second kappa shape index (κ2) is 7.56. The number of hydrogen-bond donors (Lipinski definition) is 1. The molecule has 0 atom stereocenters. The quantitative estimate of drug-likeness (QED) is 0.824. The predicted molar refractivity (Wildman–Crippen MR) is 86.2 cm³/mol. The molecule has 0 saturated heterocycles. The zero-order chi connectivity index (χ0) is 15.9. The van der Waals surface area contributed by atoms with Crippen LogP contribution in [0.4, 0.5) is 10.8 Å². The zero-order valence-corrected chi connectivity index (χ0v) is 13.2. The van der Waals surface area contributed by atoms with Gasteiger partial charge in [0.15, 0.2) is 5.13 Å². The second-order valence-electron chi connectivity index (χ2n) is 4.64. The van der Waals surface area contributed by atoms with Crippen LogP contribution in [0, 0.1) is 0 Å². The Morgan fingerprint density at radius 1 is 1.32 bits per heavy atom. The van der Waals surface area contributed by atoms with Crippen molar-refractivity contribution in [3.8, 4) is 0 Å². The minimum atomic E-state index is -0.355. The van der Waals surface area contributed by atoms with Gasteiger partial charge in [0.25, 0.3) is 0 Å². The Balaban J connectivity index is 1.88. The summed E-state index contributed by atoms with van der Waals surface area (Å²) in [7, 11) is 3.18. The molecule has 116 valence electrons. The van der Waals surface area contributed by atoms with E-state index < -0.39 is 0 Å². The summed E-state index contributed by atoms with van der Waals surface area (Å²) < 4.78 is 4.58. The number of nitrogens with zero attached hydrogens (tertiary/aromatic N) is 2. The van der Waals surface area contributed by atoms with Crippen LogP contribution >= 0.6 is 11.3 Å². The van der Waals surface area contributed by atoms with Gasteiger partial charge >= 0.3 is 5.97 Å². The van der Waals surface area contributed by atoms with E-state index in [1.54, 1.807) is 5.38 Å². The molecule has 0 fully saturated rings. The Bertz CT molecular complexity index is 642. The number of methoxy groups -OCH3 is 1. The molecule has 1 N–H and O–H groups in total. The van der Waals surface area contributed by atoms with Gasteiger partial charge in [0.05, 0.1) is 25.8 Å². The van der Waals surface area contributed by atoms with Gasteiger partial charge in [0, 0.05) is 18.1 Å². The molecular formula is C15H17N3O3S. The van der Waals surface area contributed by atoms with Gasteiger partial charge in [-0.3, -0.25) is 9.59 Å². The van der Waals surface area contributed by atoms with Crippen molar-refractivity contribution in [2.24, 2.45) is 0 Å². The first-order chi connectivity index (χ1) is 10.6. The topological polar surface area (TPSA) is 71.5 Å². The first-order valence-electron chi connectivity index (χ1n) is 6.65. The van der Waals surface area contributed by atoms with Crippen LogP contribution in [0.15, 0.2) is 35.7 Å². The lowest BCUT2D eigenvalue weighted by Gasteiger charge is -2.17. The molecule has 1 amide bonds. The van der Waals surface area contributed by atoms with E-state index in [2.05, 4.69) is 15.0 Å².